The standard InChI is InChI=1S/C21H23F3N2O4S/c1-14-6-7-19(12-15(14)2)31(28,29)26-10-8-16(9-11-26)20(27)25-17-4-3-5-18(13-17)30-21(22,23)24/h3-7,12-13,16H,8-11H2,1-2H3,(H,25,27). The Morgan fingerprint density at radius 2 is 1.74 bits per heavy atom. The lowest BCUT2D eigenvalue weighted by Gasteiger charge is -2.30. The van der Waals surface area contributed by atoms with Crippen molar-refractivity contribution in [1.82, 2.24) is 4.31 Å². The molecule has 168 valence electrons. The molecule has 1 N–H and O–H groups in total. The van der Waals surface area contributed by atoms with Gasteiger partial charge in [0.05, 0.1) is 4.90 Å². The van der Waals surface area contributed by atoms with Crippen LogP contribution < -0.4 is 10.1 Å². The van der Waals surface area contributed by atoms with E-state index in [0.717, 1.165) is 23.3 Å². The number of carbonyl (C=O) groups is 1. The van der Waals surface area contributed by atoms with Crippen molar-refractivity contribution >= 4 is 21.6 Å². The number of amides is 1. The summed E-state index contributed by atoms with van der Waals surface area (Å²) in [5, 5.41) is 2.58. The van der Waals surface area contributed by atoms with Crippen molar-refractivity contribution in [1.29, 1.82) is 0 Å². The van der Waals surface area contributed by atoms with Gasteiger partial charge in [-0.2, -0.15) is 4.31 Å². The number of nitrogens with one attached hydrogen (secondary N) is 1. The van der Waals surface area contributed by atoms with Crippen LogP contribution in [0.2, 0.25) is 0 Å². The SMILES string of the molecule is Cc1ccc(S(=O)(=O)N2CCC(C(=O)Nc3cccc(OC(F)(F)F)c3)CC2)cc1C. The van der Waals surface area contributed by atoms with E-state index in [1.54, 1.807) is 18.2 Å². The molecule has 1 fully saturated rings. The summed E-state index contributed by atoms with van der Waals surface area (Å²) in [6, 6.07) is 10.0. The minimum absolute atomic E-state index is 0.178. The van der Waals surface area contributed by atoms with Crippen LogP contribution in [0.1, 0.15) is 24.0 Å². The van der Waals surface area contributed by atoms with Crippen molar-refractivity contribution in [2.24, 2.45) is 5.92 Å². The van der Waals surface area contributed by atoms with Crippen LogP contribution in [0.3, 0.4) is 0 Å². The summed E-state index contributed by atoms with van der Waals surface area (Å²) in [4.78, 5) is 12.8. The van der Waals surface area contributed by atoms with Crippen LogP contribution in [0.4, 0.5) is 18.9 Å². The first-order chi connectivity index (χ1) is 14.5. The van der Waals surface area contributed by atoms with Gasteiger partial charge in [0, 0.05) is 30.8 Å². The fourth-order valence-electron chi connectivity index (χ4n) is 3.40. The number of hydrogen-bond donors (Lipinski definition) is 1. The normalized spacial score (nSPS) is 16.2. The van der Waals surface area contributed by atoms with E-state index in [1.165, 1.54) is 16.4 Å². The number of piperidine rings is 1. The summed E-state index contributed by atoms with van der Waals surface area (Å²) in [6.45, 7) is 4.12. The van der Waals surface area contributed by atoms with E-state index in [9.17, 15) is 26.4 Å². The summed E-state index contributed by atoms with van der Waals surface area (Å²) in [5.74, 6) is -1.25. The summed E-state index contributed by atoms with van der Waals surface area (Å²) in [6.07, 6.45) is -4.19. The monoisotopic (exact) mass is 456 g/mol. The molecule has 0 atom stereocenters. The van der Waals surface area contributed by atoms with Crippen molar-refractivity contribution in [3.8, 4) is 5.75 Å². The quantitative estimate of drug-likeness (QED) is 0.730. The first-order valence-electron chi connectivity index (χ1n) is 9.70. The molecule has 6 nitrogen and oxygen atoms in total. The lowest BCUT2D eigenvalue weighted by molar-refractivity contribution is -0.274. The Hall–Kier alpha value is -2.59. The third-order valence-corrected chi connectivity index (χ3v) is 7.17. The van der Waals surface area contributed by atoms with Crippen LogP contribution in [-0.4, -0.2) is 38.1 Å². The highest BCUT2D eigenvalue weighted by Gasteiger charge is 2.33. The van der Waals surface area contributed by atoms with Gasteiger partial charge in [0.15, 0.2) is 0 Å². The molecule has 1 aliphatic rings. The van der Waals surface area contributed by atoms with Crippen LogP contribution in [0.5, 0.6) is 5.75 Å². The largest absolute Gasteiger partial charge is 0.573 e. The topological polar surface area (TPSA) is 75.7 Å². The second-order valence-corrected chi connectivity index (χ2v) is 9.43. The Kier molecular flexibility index (Phi) is 6.61. The zero-order valence-electron chi connectivity index (χ0n) is 17.1. The molecule has 2 aromatic carbocycles. The molecule has 1 amide bonds. The molecule has 10 heteroatoms. The number of benzene rings is 2. The first-order valence-corrected chi connectivity index (χ1v) is 11.1. The van der Waals surface area contributed by atoms with Gasteiger partial charge in [-0.25, -0.2) is 8.42 Å². The summed E-state index contributed by atoms with van der Waals surface area (Å²) < 4.78 is 68.1. The Labute approximate surface area is 179 Å². The van der Waals surface area contributed by atoms with Gasteiger partial charge in [0.25, 0.3) is 0 Å². The Morgan fingerprint density at radius 1 is 1.06 bits per heavy atom. The van der Waals surface area contributed by atoms with Crippen LogP contribution in [0.25, 0.3) is 0 Å². The van der Waals surface area contributed by atoms with E-state index in [0.29, 0.717) is 12.8 Å². The highest BCUT2D eigenvalue weighted by Crippen LogP contribution is 2.28. The second kappa shape index (κ2) is 8.88. The lowest BCUT2D eigenvalue weighted by Crippen LogP contribution is -2.41. The maximum Gasteiger partial charge on any atom is 0.573 e. The Morgan fingerprint density at radius 3 is 2.35 bits per heavy atom. The number of nitrogens with zero attached hydrogens (tertiary/aromatic N) is 1. The molecular weight excluding hydrogens is 433 g/mol. The minimum Gasteiger partial charge on any atom is -0.406 e. The van der Waals surface area contributed by atoms with Crippen molar-refractivity contribution in [3.63, 3.8) is 0 Å². The van der Waals surface area contributed by atoms with E-state index < -0.39 is 28.1 Å². The number of hydrogen-bond acceptors (Lipinski definition) is 4. The fraction of sp³-hybridized carbons (Fsp3) is 0.381. The molecule has 1 aliphatic heterocycles. The number of alkyl halides is 3. The number of sulfonamides is 1. The number of aryl methyl sites for hydroxylation is 2. The maximum absolute atomic E-state index is 12.9. The van der Waals surface area contributed by atoms with Gasteiger partial charge in [-0.3, -0.25) is 4.79 Å². The van der Waals surface area contributed by atoms with Gasteiger partial charge in [0.1, 0.15) is 5.75 Å². The fourth-order valence-corrected chi connectivity index (χ4v) is 4.95. The third-order valence-electron chi connectivity index (χ3n) is 5.28. The molecule has 0 bridgehead atoms. The summed E-state index contributed by atoms with van der Waals surface area (Å²) in [7, 11) is -3.65. The third kappa shape index (κ3) is 5.76. The molecule has 1 heterocycles. The number of ether oxygens (including phenoxy) is 1. The molecule has 0 aromatic heterocycles. The minimum atomic E-state index is -4.82. The number of carbonyl (C=O) groups excluding carboxylic acids is 1. The Balaban J connectivity index is 1.61. The van der Waals surface area contributed by atoms with E-state index in [1.807, 2.05) is 13.8 Å². The van der Waals surface area contributed by atoms with Gasteiger partial charge in [-0.15, -0.1) is 13.2 Å². The number of anilines is 1. The van der Waals surface area contributed by atoms with E-state index in [2.05, 4.69) is 10.1 Å². The molecule has 0 aliphatic carbocycles. The predicted octanol–water partition coefficient (Wildman–Crippen LogP) is 4.24. The molecule has 0 unspecified atom stereocenters. The van der Waals surface area contributed by atoms with E-state index >= 15 is 0 Å². The van der Waals surface area contributed by atoms with E-state index in [4.69, 9.17) is 0 Å². The highest BCUT2D eigenvalue weighted by molar-refractivity contribution is 7.89. The Bertz CT molecular complexity index is 1060. The lowest BCUT2D eigenvalue weighted by atomic mass is 9.97. The van der Waals surface area contributed by atoms with Crippen molar-refractivity contribution in [2.75, 3.05) is 18.4 Å². The van der Waals surface area contributed by atoms with Gasteiger partial charge < -0.3 is 10.1 Å². The molecule has 0 radical (unpaired) electrons. The number of halogens is 3. The van der Waals surface area contributed by atoms with Crippen molar-refractivity contribution in [3.05, 3.63) is 53.6 Å². The second-order valence-electron chi connectivity index (χ2n) is 7.49. The zero-order chi connectivity index (χ0) is 22.8. The maximum atomic E-state index is 12.9. The van der Waals surface area contributed by atoms with Crippen molar-refractivity contribution in [2.45, 2.75) is 37.9 Å². The van der Waals surface area contributed by atoms with Crippen LogP contribution in [-0.2, 0) is 14.8 Å². The number of rotatable bonds is 5. The van der Waals surface area contributed by atoms with E-state index in [-0.39, 0.29) is 29.6 Å². The molecule has 0 saturated carbocycles. The van der Waals surface area contributed by atoms with Crippen molar-refractivity contribution < 1.29 is 31.1 Å². The van der Waals surface area contributed by atoms with Gasteiger partial charge in [-0.05, 0) is 62.1 Å². The van der Waals surface area contributed by atoms with Crippen LogP contribution in [0, 0.1) is 19.8 Å². The smallest absolute Gasteiger partial charge is 0.406 e. The average molecular weight is 456 g/mol. The average Bonchev–Trinajstić information content (AvgIpc) is 2.69. The molecule has 1 saturated heterocycles. The van der Waals surface area contributed by atoms with Gasteiger partial charge in [0.2, 0.25) is 15.9 Å². The molecule has 3 rings (SSSR count). The zero-order valence-corrected chi connectivity index (χ0v) is 17.9. The summed E-state index contributed by atoms with van der Waals surface area (Å²) in [5.41, 5.74) is 2.06. The highest BCUT2D eigenvalue weighted by atomic mass is 32.2. The van der Waals surface area contributed by atoms with Gasteiger partial charge in [-0.1, -0.05) is 12.1 Å². The molecule has 31 heavy (non-hydrogen) atoms. The molecular formula is C21H23F3N2O4S. The van der Waals surface area contributed by atoms with Gasteiger partial charge >= 0.3 is 6.36 Å². The summed E-state index contributed by atoms with van der Waals surface area (Å²) >= 11 is 0. The van der Waals surface area contributed by atoms with Crippen LogP contribution >= 0.6 is 0 Å². The van der Waals surface area contributed by atoms with Crippen LogP contribution in [0.15, 0.2) is 47.4 Å². The first kappa shape index (κ1) is 23.1. The molecule has 2 aromatic rings. The molecule has 0 spiro atoms. The predicted molar refractivity (Wildman–Crippen MR) is 109 cm³/mol.